The van der Waals surface area contributed by atoms with Gasteiger partial charge in [0, 0.05) is 6.20 Å². The van der Waals surface area contributed by atoms with Gasteiger partial charge in [0.15, 0.2) is 0 Å². The molecule has 0 atom stereocenters. The predicted octanol–water partition coefficient (Wildman–Crippen LogP) is 2.41. The number of nitrogens with two attached hydrogens (primary N) is 1. The first-order valence-electron chi connectivity index (χ1n) is 5.38. The lowest BCUT2D eigenvalue weighted by Gasteiger charge is -2.11. The van der Waals surface area contributed by atoms with Gasteiger partial charge in [-0.15, -0.1) is 0 Å². The van der Waals surface area contributed by atoms with Gasteiger partial charge in [-0.05, 0) is 36.8 Å². The van der Waals surface area contributed by atoms with Crippen molar-refractivity contribution in [3.05, 3.63) is 47.8 Å². The first-order valence-corrected chi connectivity index (χ1v) is 5.38. The number of pyridine rings is 1. The summed E-state index contributed by atoms with van der Waals surface area (Å²) < 4.78 is 0. The molecule has 18 heavy (non-hydrogen) atoms. The Morgan fingerprint density at radius 2 is 2.11 bits per heavy atom. The summed E-state index contributed by atoms with van der Waals surface area (Å²) in [5.74, 6) is -0.985. The van der Waals surface area contributed by atoms with Gasteiger partial charge in [-0.3, -0.25) is 4.98 Å². The number of hydrogen-bond donors (Lipinski definition) is 3. The van der Waals surface area contributed by atoms with Gasteiger partial charge in [0.2, 0.25) is 0 Å². The number of rotatable bonds is 3. The number of nitrogens with zero attached hydrogens (tertiary/aromatic N) is 1. The lowest BCUT2D eigenvalue weighted by molar-refractivity contribution is 0.0697. The van der Waals surface area contributed by atoms with Crippen LogP contribution in [0.1, 0.15) is 15.9 Å². The molecule has 1 aromatic carbocycles. The number of nitrogen functional groups attached to an aromatic ring is 1. The van der Waals surface area contributed by atoms with Gasteiger partial charge in [-0.25, -0.2) is 4.79 Å². The van der Waals surface area contributed by atoms with Crippen molar-refractivity contribution >= 4 is 23.0 Å². The third kappa shape index (κ3) is 2.40. The first-order chi connectivity index (χ1) is 8.58. The zero-order valence-corrected chi connectivity index (χ0v) is 9.84. The Bertz CT molecular complexity index is 597. The van der Waals surface area contributed by atoms with E-state index in [1.165, 1.54) is 12.1 Å². The Morgan fingerprint density at radius 3 is 2.78 bits per heavy atom. The lowest BCUT2D eigenvalue weighted by Crippen LogP contribution is -2.02. The Labute approximate surface area is 104 Å². The topological polar surface area (TPSA) is 88.2 Å². The van der Waals surface area contributed by atoms with Crippen molar-refractivity contribution in [3.63, 3.8) is 0 Å². The van der Waals surface area contributed by atoms with E-state index in [4.69, 9.17) is 10.8 Å². The van der Waals surface area contributed by atoms with Crippen molar-refractivity contribution < 1.29 is 9.90 Å². The van der Waals surface area contributed by atoms with Gasteiger partial charge in [-0.1, -0.05) is 0 Å². The van der Waals surface area contributed by atoms with E-state index in [0.717, 1.165) is 11.3 Å². The van der Waals surface area contributed by atoms with Gasteiger partial charge in [0.1, 0.15) is 0 Å². The minimum atomic E-state index is -0.985. The molecule has 0 saturated carbocycles. The van der Waals surface area contributed by atoms with Gasteiger partial charge < -0.3 is 16.2 Å². The molecular formula is C13H13N3O2. The Kier molecular flexibility index (Phi) is 3.14. The third-order valence-corrected chi connectivity index (χ3v) is 2.61. The van der Waals surface area contributed by atoms with Crippen LogP contribution in [-0.4, -0.2) is 16.1 Å². The highest BCUT2D eigenvalue weighted by Crippen LogP contribution is 2.25. The average molecular weight is 243 g/mol. The molecule has 5 heteroatoms. The van der Waals surface area contributed by atoms with Crippen molar-refractivity contribution in [2.24, 2.45) is 0 Å². The minimum Gasteiger partial charge on any atom is -0.478 e. The number of anilines is 3. The first kappa shape index (κ1) is 11.9. The summed E-state index contributed by atoms with van der Waals surface area (Å²) in [5.41, 5.74) is 8.85. The van der Waals surface area contributed by atoms with E-state index in [2.05, 4.69) is 10.3 Å². The number of nitrogens with one attached hydrogen (secondary N) is 1. The number of benzene rings is 1. The standard InChI is InChI=1S/C13H13N3O2/c1-8-4-5-15-7-12(8)16-11-6-9(13(17)18)2-3-10(11)14/h2-7,16H,14H2,1H3,(H,17,18). The maximum atomic E-state index is 10.9. The largest absolute Gasteiger partial charge is 0.478 e. The van der Waals surface area contributed by atoms with Crippen LogP contribution in [-0.2, 0) is 0 Å². The molecule has 0 fully saturated rings. The number of aromatic carboxylic acids is 1. The average Bonchev–Trinajstić information content (AvgIpc) is 2.34. The summed E-state index contributed by atoms with van der Waals surface area (Å²) in [4.78, 5) is 14.9. The van der Waals surface area contributed by atoms with Crippen LogP contribution in [0.2, 0.25) is 0 Å². The van der Waals surface area contributed by atoms with Crippen LogP contribution in [0.25, 0.3) is 0 Å². The molecule has 0 unspecified atom stereocenters. The SMILES string of the molecule is Cc1ccncc1Nc1cc(C(=O)O)ccc1N. The highest BCUT2D eigenvalue weighted by molar-refractivity contribution is 5.91. The molecule has 5 nitrogen and oxygen atoms in total. The van der Waals surface area contributed by atoms with E-state index >= 15 is 0 Å². The Morgan fingerprint density at radius 1 is 1.33 bits per heavy atom. The molecule has 1 aromatic heterocycles. The molecule has 0 aliphatic rings. The van der Waals surface area contributed by atoms with Crippen molar-refractivity contribution in [2.45, 2.75) is 6.92 Å². The minimum absolute atomic E-state index is 0.188. The Balaban J connectivity index is 2.37. The lowest BCUT2D eigenvalue weighted by atomic mass is 10.1. The van der Waals surface area contributed by atoms with Crippen molar-refractivity contribution in [1.29, 1.82) is 0 Å². The predicted molar refractivity (Wildman–Crippen MR) is 70.1 cm³/mol. The van der Waals surface area contributed by atoms with Crippen LogP contribution in [0.4, 0.5) is 17.1 Å². The molecule has 4 N–H and O–H groups in total. The normalized spacial score (nSPS) is 10.1. The number of aryl methyl sites for hydroxylation is 1. The van der Waals surface area contributed by atoms with Crippen LogP contribution in [0.3, 0.4) is 0 Å². The van der Waals surface area contributed by atoms with E-state index < -0.39 is 5.97 Å². The second-order valence-corrected chi connectivity index (χ2v) is 3.92. The molecule has 0 spiro atoms. The highest BCUT2D eigenvalue weighted by Gasteiger charge is 2.07. The fourth-order valence-electron chi connectivity index (χ4n) is 1.54. The Hall–Kier alpha value is -2.56. The number of carboxylic acids is 1. The smallest absolute Gasteiger partial charge is 0.335 e. The second kappa shape index (κ2) is 4.75. The van der Waals surface area contributed by atoms with E-state index in [0.29, 0.717) is 11.4 Å². The maximum absolute atomic E-state index is 10.9. The molecule has 0 radical (unpaired) electrons. The molecule has 0 saturated heterocycles. The summed E-state index contributed by atoms with van der Waals surface area (Å²) >= 11 is 0. The second-order valence-electron chi connectivity index (χ2n) is 3.92. The van der Waals surface area contributed by atoms with Gasteiger partial charge in [0.05, 0.1) is 28.8 Å². The molecule has 92 valence electrons. The van der Waals surface area contributed by atoms with E-state index in [1.54, 1.807) is 18.5 Å². The monoisotopic (exact) mass is 243 g/mol. The van der Waals surface area contributed by atoms with Crippen LogP contribution in [0, 0.1) is 6.92 Å². The third-order valence-electron chi connectivity index (χ3n) is 2.61. The fraction of sp³-hybridized carbons (Fsp3) is 0.0769. The van der Waals surface area contributed by atoms with Gasteiger partial charge in [-0.2, -0.15) is 0 Å². The highest BCUT2D eigenvalue weighted by atomic mass is 16.4. The van der Waals surface area contributed by atoms with Crippen LogP contribution < -0.4 is 11.1 Å². The summed E-state index contributed by atoms with van der Waals surface area (Å²) in [6.45, 7) is 1.93. The van der Waals surface area contributed by atoms with Crippen LogP contribution in [0.5, 0.6) is 0 Å². The number of carboxylic acid groups (broad SMARTS) is 1. The summed E-state index contributed by atoms with van der Waals surface area (Å²) in [5, 5.41) is 12.0. The molecule has 1 heterocycles. The van der Waals surface area contributed by atoms with Crippen LogP contribution >= 0.6 is 0 Å². The molecule has 2 aromatic rings. The summed E-state index contributed by atoms with van der Waals surface area (Å²) in [6, 6.07) is 6.40. The van der Waals surface area contributed by atoms with Gasteiger partial charge in [0.25, 0.3) is 0 Å². The number of hydrogen-bond acceptors (Lipinski definition) is 4. The van der Waals surface area contributed by atoms with Crippen LogP contribution in [0.15, 0.2) is 36.7 Å². The van der Waals surface area contributed by atoms with Gasteiger partial charge >= 0.3 is 5.97 Å². The fourth-order valence-corrected chi connectivity index (χ4v) is 1.54. The molecule has 0 bridgehead atoms. The van der Waals surface area contributed by atoms with Crippen molar-refractivity contribution in [3.8, 4) is 0 Å². The van der Waals surface area contributed by atoms with E-state index in [-0.39, 0.29) is 5.56 Å². The number of aromatic nitrogens is 1. The maximum Gasteiger partial charge on any atom is 0.335 e. The molecule has 0 amide bonds. The quantitative estimate of drug-likeness (QED) is 0.720. The zero-order valence-electron chi connectivity index (χ0n) is 9.84. The molecule has 0 aliphatic heterocycles. The van der Waals surface area contributed by atoms with E-state index in [1.807, 2.05) is 13.0 Å². The molecule has 2 rings (SSSR count). The van der Waals surface area contributed by atoms with E-state index in [9.17, 15) is 4.79 Å². The summed E-state index contributed by atoms with van der Waals surface area (Å²) in [6.07, 6.45) is 3.36. The molecule has 0 aliphatic carbocycles. The summed E-state index contributed by atoms with van der Waals surface area (Å²) in [7, 11) is 0. The molecular weight excluding hydrogens is 230 g/mol. The zero-order chi connectivity index (χ0) is 13.1. The number of carbonyl (C=O) groups is 1. The van der Waals surface area contributed by atoms with Crippen molar-refractivity contribution in [1.82, 2.24) is 4.98 Å². The van der Waals surface area contributed by atoms with Crippen molar-refractivity contribution in [2.75, 3.05) is 11.1 Å².